The Morgan fingerprint density at radius 1 is 1.27 bits per heavy atom. The molecule has 0 radical (unpaired) electrons. The Morgan fingerprint density at radius 2 is 2.03 bits per heavy atom. The number of carbonyl (C=O) groups excluding carboxylic acids is 3. The number of esters is 2. The second-order valence-electron chi connectivity index (χ2n) is 8.85. The van der Waals surface area contributed by atoms with E-state index in [4.69, 9.17) is 9.47 Å². The maximum atomic E-state index is 13.4. The molecule has 5 rings (SSSR count). The average Bonchev–Trinajstić information content (AvgIpc) is 3.27. The Labute approximate surface area is 175 Å². The fourth-order valence-electron chi connectivity index (χ4n) is 6.31. The molecule has 1 aromatic rings. The first-order valence-corrected chi connectivity index (χ1v) is 10.5. The normalized spacial score (nSPS) is 33.8. The highest BCUT2D eigenvalue weighted by Crippen LogP contribution is 2.60. The Hall–Kier alpha value is -2.83. The third-order valence-electron chi connectivity index (χ3n) is 7.43. The van der Waals surface area contributed by atoms with Crippen molar-refractivity contribution in [2.45, 2.75) is 50.7 Å². The minimum absolute atomic E-state index is 0.00319. The quantitative estimate of drug-likeness (QED) is 0.754. The van der Waals surface area contributed by atoms with Crippen LogP contribution in [-0.2, 0) is 29.3 Å². The molecule has 7 nitrogen and oxygen atoms in total. The first kappa shape index (κ1) is 19.2. The third kappa shape index (κ3) is 2.41. The number of nitrogens with zero attached hydrogens (tertiary/aromatic N) is 1. The van der Waals surface area contributed by atoms with Crippen LogP contribution in [-0.4, -0.2) is 48.5 Å². The van der Waals surface area contributed by atoms with Gasteiger partial charge in [0.15, 0.2) is 0 Å². The van der Waals surface area contributed by atoms with Crippen LogP contribution >= 0.6 is 0 Å². The highest BCUT2D eigenvalue weighted by molar-refractivity contribution is 5.93. The molecule has 158 valence electrons. The number of methoxy groups -OCH3 is 1. The van der Waals surface area contributed by atoms with E-state index < -0.39 is 17.4 Å². The first-order valence-electron chi connectivity index (χ1n) is 10.5. The number of amides is 1. The largest absolute Gasteiger partial charge is 0.466 e. The monoisotopic (exact) mass is 410 g/mol. The van der Waals surface area contributed by atoms with Crippen molar-refractivity contribution in [3.8, 4) is 0 Å². The Kier molecular flexibility index (Phi) is 4.21. The molecule has 5 atom stereocenters. The van der Waals surface area contributed by atoms with E-state index in [-0.39, 0.29) is 29.8 Å². The van der Waals surface area contributed by atoms with Crippen LogP contribution in [0.2, 0.25) is 0 Å². The summed E-state index contributed by atoms with van der Waals surface area (Å²) in [7, 11) is 1.40. The molecule has 2 fully saturated rings. The molecule has 3 heterocycles. The average molecular weight is 410 g/mol. The second kappa shape index (κ2) is 6.59. The Bertz CT molecular complexity index is 986. The minimum Gasteiger partial charge on any atom is -0.466 e. The number of anilines is 1. The predicted molar refractivity (Wildman–Crippen MR) is 108 cm³/mol. The van der Waals surface area contributed by atoms with Crippen LogP contribution in [0.4, 0.5) is 5.69 Å². The van der Waals surface area contributed by atoms with Crippen LogP contribution < -0.4 is 5.32 Å². The van der Waals surface area contributed by atoms with Gasteiger partial charge in [-0.25, -0.2) is 4.79 Å². The van der Waals surface area contributed by atoms with Crippen LogP contribution in [0.5, 0.6) is 0 Å². The summed E-state index contributed by atoms with van der Waals surface area (Å²) in [6, 6.07) is 8.01. The Morgan fingerprint density at radius 3 is 2.77 bits per heavy atom. The number of carbonyl (C=O) groups is 3. The number of ether oxygens (including phenoxy) is 2. The third-order valence-corrected chi connectivity index (χ3v) is 7.43. The molecule has 1 spiro atoms. The zero-order valence-electron chi connectivity index (χ0n) is 17.4. The zero-order valence-corrected chi connectivity index (χ0v) is 17.4. The summed E-state index contributed by atoms with van der Waals surface area (Å²) >= 11 is 0. The van der Waals surface area contributed by atoms with Gasteiger partial charge in [0.25, 0.3) is 0 Å². The number of hydrogen-bond donors (Lipinski definition) is 1. The van der Waals surface area contributed by atoms with Crippen molar-refractivity contribution >= 4 is 23.5 Å². The van der Waals surface area contributed by atoms with Crippen molar-refractivity contribution in [3.63, 3.8) is 0 Å². The summed E-state index contributed by atoms with van der Waals surface area (Å²) in [6.07, 6.45) is 1.30. The topological polar surface area (TPSA) is 84.9 Å². The van der Waals surface area contributed by atoms with Crippen molar-refractivity contribution in [3.05, 3.63) is 41.1 Å². The summed E-state index contributed by atoms with van der Waals surface area (Å²) < 4.78 is 10.7. The van der Waals surface area contributed by atoms with Crippen LogP contribution in [0.1, 0.15) is 38.7 Å². The molecule has 1 aliphatic carbocycles. The molecule has 0 saturated carbocycles. The molecule has 2 saturated heterocycles. The van der Waals surface area contributed by atoms with E-state index in [0.29, 0.717) is 25.0 Å². The van der Waals surface area contributed by atoms with Gasteiger partial charge < -0.3 is 19.7 Å². The number of hydrogen-bond acceptors (Lipinski definition) is 6. The van der Waals surface area contributed by atoms with E-state index in [1.165, 1.54) is 14.0 Å². The number of nitrogens with one attached hydrogen (secondary N) is 1. The maximum Gasteiger partial charge on any atom is 0.335 e. The predicted octanol–water partition coefficient (Wildman–Crippen LogP) is 2.37. The lowest BCUT2D eigenvalue weighted by molar-refractivity contribution is -0.152. The van der Waals surface area contributed by atoms with Gasteiger partial charge >= 0.3 is 11.9 Å². The van der Waals surface area contributed by atoms with Crippen LogP contribution in [0, 0.1) is 11.8 Å². The molecule has 0 bridgehead atoms. The van der Waals surface area contributed by atoms with Gasteiger partial charge in [-0.1, -0.05) is 25.1 Å². The lowest BCUT2D eigenvalue weighted by atomic mass is 9.62. The molecule has 7 heteroatoms. The first-order chi connectivity index (χ1) is 14.4. The molecule has 0 aromatic heterocycles. The number of fused-ring (bicyclic) bond motifs is 1. The highest BCUT2D eigenvalue weighted by atomic mass is 16.5. The SMILES string of the molecule is COC(=O)C1=C2Nc3ccccc3[C@]23CCN2C(=O)[C@@H](C)[C@@H](OC(C)=O)C[C@H](C1)[C@@H]23. The minimum atomic E-state index is -0.493. The molecular weight excluding hydrogens is 384 g/mol. The molecule has 0 unspecified atom stereocenters. The van der Waals surface area contributed by atoms with Crippen molar-refractivity contribution in [1.82, 2.24) is 4.90 Å². The molecule has 1 N–H and O–H groups in total. The fraction of sp³-hybridized carbons (Fsp3) is 0.522. The molecule has 4 aliphatic rings. The van der Waals surface area contributed by atoms with Crippen molar-refractivity contribution in [2.75, 3.05) is 19.0 Å². The molecule has 30 heavy (non-hydrogen) atoms. The molecular formula is C23H26N2O5. The van der Waals surface area contributed by atoms with Gasteiger partial charge in [0.2, 0.25) is 5.91 Å². The van der Waals surface area contributed by atoms with E-state index in [0.717, 1.165) is 23.4 Å². The second-order valence-corrected chi connectivity index (χ2v) is 8.85. The molecule has 1 aromatic carbocycles. The zero-order chi connectivity index (χ0) is 21.2. The summed E-state index contributed by atoms with van der Waals surface area (Å²) in [4.78, 5) is 39.9. The van der Waals surface area contributed by atoms with Gasteiger partial charge in [-0.2, -0.15) is 0 Å². The number of para-hydroxylation sites is 1. The van der Waals surface area contributed by atoms with Gasteiger partial charge in [-0.05, 0) is 36.8 Å². The van der Waals surface area contributed by atoms with Crippen molar-refractivity contribution in [1.29, 1.82) is 0 Å². The number of rotatable bonds is 2. The summed E-state index contributed by atoms with van der Waals surface area (Å²) in [5.41, 5.74) is 3.18. The van der Waals surface area contributed by atoms with Crippen molar-refractivity contribution in [2.24, 2.45) is 11.8 Å². The number of benzene rings is 1. The van der Waals surface area contributed by atoms with E-state index in [2.05, 4.69) is 11.4 Å². The van der Waals surface area contributed by atoms with Gasteiger partial charge in [0.05, 0.1) is 30.1 Å². The summed E-state index contributed by atoms with van der Waals surface area (Å²) in [6.45, 7) is 3.83. The highest BCUT2D eigenvalue weighted by Gasteiger charge is 2.63. The fourth-order valence-corrected chi connectivity index (χ4v) is 6.31. The van der Waals surface area contributed by atoms with Gasteiger partial charge in [-0.15, -0.1) is 0 Å². The summed E-state index contributed by atoms with van der Waals surface area (Å²) in [5.74, 6) is -1.12. The van der Waals surface area contributed by atoms with Crippen LogP contribution in [0.25, 0.3) is 0 Å². The smallest absolute Gasteiger partial charge is 0.335 e. The molecule has 3 aliphatic heterocycles. The lowest BCUT2D eigenvalue weighted by Gasteiger charge is -2.44. The van der Waals surface area contributed by atoms with E-state index >= 15 is 0 Å². The maximum absolute atomic E-state index is 13.4. The van der Waals surface area contributed by atoms with Gasteiger partial charge in [0, 0.05) is 24.9 Å². The van der Waals surface area contributed by atoms with Crippen LogP contribution in [0.15, 0.2) is 35.5 Å². The van der Waals surface area contributed by atoms with Gasteiger partial charge in [-0.3, -0.25) is 9.59 Å². The van der Waals surface area contributed by atoms with E-state index in [9.17, 15) is 14.4 Å². The van der Waals surface area contributed by atoms with Gasteiger partial charge in [0.1, 0.15) is 6.10 Å². The molecule has 1 amide bonds. The van der Waals surface area contributed by atoms with E-state index in [1.54, 1.807) is 0 Å². The van der Waals surface area contributed by atoms with E-state index in [1.807, 2.05) is 30.0 Å². The van der Waals surface area contributed by atoms with Crippen molar-refractivity contribution < 1.29 is 23.9 Å². The lowest BCUT2D eigenvalue weighted by Crippen LogP contribution is -2.52. The standard InChI is InChI=1S/C23H26N2O5/c1-12-18(30-13(2)26)11-14-10-15(22(28)29-3)19-23(8-9-25(20(14)23)21(12)27)16-6-4-5-7-17(16)24-19/h4-7,12,14,18,20,24H,8-11H2,1-3H3/t12-,14-,18-,20+,23+/m0/s1. The van der Waals surface area contributed by atoms with Crippen LogP contribution in [0.3, 0.4) is 0 Å². The Balaban J connectivity index is 1.70. The summed E-state index contributed by atoms with van der Waals surface area (Å²) in [5, 5.41) is 3.50.